The first-order chi connectivity index (χ1) is 11.2. The average molecular weight is 360 g/mol. The van der Waals surface area contributed by atoms with E-state index in [2.05, 4.69) is 27.0 Å². The van der Waals surface area contributed by atoms with E-state index in [1.54, 1.807) is 18.2 Å². The summed E-state index contributed by atoms with van der Waals surface area (Å²) in [6, 6.07) is 11.1. The lowest BCUT2D eigenvalue weighted by atomic mass is 9.97. The Bertz CT molecular complexity index is 844. The predicted octanol–water partition coefficient (Wildman–Crippen LogP) is 4.95. The van der Waals surface area contributed by atoms with Gasteiger partial charge in [-0.15, -0.1) is 15.6 Å². The van der Waals surface area contributed by atoms with Gasteiger partial charge in [-0.05, 0) is 35.0 Å². The van der Waals surface area contributed by atoms with Crippen molar-refractivity contribution >= 4 is 39.1 Å². The Labute approximate surface area is 146 Å². The minimum Gasteiger partial charge on any atom is -0.197 e. The van der Waals surface area contributed by atoms with Gasteiger partial charge in [-0.2, -0.15) is 10.4 Å². The first-order valence-corrected chi connectivity index (χ1v) is 8.89. The quantitative estimate of drug-likeness (QED) is 0.728. The van der Waals surface area contributed by atoms with Gasteiger partial charge in [-0.1, -0.05) is 47.5 Å². The van der Waals surface area contributed by atoms with Gasteiger partial charge in [0.15, 0.2) is 0 Å². The number of allylic oxidation sites excluding steroid dienone is 3. The van der Waals surface area contributed by atoms with Gasteiger partial charge in [-0.3, -0.25) is 0 Å². The molecule has 23 heavy (non-hydrogen) atoms. The second kappa shape index (κ2) is 7.10. The summed E-state index contributed by atoms with van der Waals surface area (Å²) in [5.41, 5.74) is 1.10. The summed E-state index contributed by atoms with van der Waals surface area (Å²) in [6.07, 6.45) is 5.94. The van der Waals surface area contributed by atoms with E-state index < -0.39 is 5.92 Å². The van der Waals surface area contributed by atoms with Crippen LogP contribution in [0.2, 0.25) is 10.0 Å². The van der Waals surface area contributed by atoms with Crippen LogP contribution in [0.3, 0.4) is 0 Å². The van der Waals surface area contributed by atoms with Crippen LogP contribution in [0, 0.1) is 11.3 Å². The monoisotopic (exact) mass is 359 g/mol. The van der Waals surface area contributed by atoms with E-state index in [0.717, 1.165) is 5.03 Å². The third-order valence-corrected chi connectivity index (χ3v) is 5.55. The normalized spacial score (nSPS) is 17.3. The molecule has 0 N–H and O–H groups in total. The average Bonchev–Trinajstić information content (AvgIpc) is 2.59. The van der Waals surface area contributed by atoms with E-state index in [1.165, 1.54) is 0 Å². The van der Waals surface area contributed by atoms with E-state index in [4.69, 9.17) is 23.2 Å². The van der Waals surface area contributed by atoms with Crippen molar-refractivity contribution in [1.82, 2.24) is 10.2 Å². The largest absolute Gasteiger partial charge is 0.197 e. The minimum atomic E-state index is -0.646. The van der Waals surface area contributed by atoms with Crippen LogP contribution in [0.1, 0.15) is 17.2 Å². The van der Waals surface area contributed by atoms with Crippen molar-refractivity contribution in [3.63, 3.8) is 0 Å². The van der Waals surface area contributed by atoms with Crippen molar-refractivity contribution in [2.24, 2.45) is 0 Å². The Hall–Kier alpha value is -1.93. The molecule has 0 bridgehead atoms. The molecule has 6 heteroatoms. The maximum atomic E-state index is 9.54. The van der Waals surface area contributed by atoms with Crippen molar-refractivity contribution < 1.29 is 0 Å². The lowest BCUT2D eigenvalue weighted by Crippen LogP contribution is -2.04. The minimum absolute atomic E-state index is 0.186. The number of halogens is 2. The van der Waals surface area contributed by atoms with Crippen LogP contribution in [-0.4, -0.2) is 15.6 Å². The highest BCUT2D eigenvalue weighted by atomic mass is 35.5. The molecule has 1 aromatic carbocycles. The summed E-state index contributed by atoms with van der Waals surface area (Å²) in [7, 11) is -0.186. The van der Waals surface area contributed by atoms with E-state index in [9.17, 15) is 5.26 Å². The zero-order valence-electron chi connectivity index (χ0n) is 11.9. The third-order valence-electron chi connectivity index (χ3n) is 3.29. The molecule has 2 unspecified atom stereocenters. The number of hydrogen-bond donors (Lipinski definition) is 0. The van der Waals surface area contributed by atoms with Crippen molar-refractivity contribution in [2.45, 2.75) is 10.9 Å². The predicted molar refractivity (Wildman–Crippen MR) is 96.2 cm³/mol. The summed E-state index contributed by atoms with van der Waals surface area (Å²) in [4.78, 5) is 0. The van der Waals surface area contributed by atoms with Crippen LogP contribution < -0.4 is 0 Å². The SMILES string of the molecule is N#CC(c1ccc(S2=CC=CC=C2)nn1)c1c(Cl)cccc1Cl. The van der Waals surface area contributed by atoms with Crippen molar-refractivity contribution in [2.75, 3.05) is 0 Å². The standard InChI is InChI=1S/C17H11Cl2N3S/c18-13-5-4-6-14(19)17(13)12(11-20)15-7-8-16(22-21-15)23-9-2-1-3-10-23/h1-10,12H. The van der Waals surface area contributed by atoms with Crippen molar-refractivity contribution in [3.8, 4) is 6.07 Å². The summed E-state index contributed by atoms with van der Waals surface area (Å²) in [5, 5.41) is 23.9. The van der Waals surface area contributed by atoms with Crippen LogP contribution >= 0.6 is 33.7 Å². The molecule has 3 rings (SSSR count). The van der Waals surface area contributed by atoms with Gasteiger partial charge in [0.25, 0.3) is 0 Å². The topological polar surface area (TPSA) is 49.6 Å². The number of rotatable bonds is 3. The summed E-state index contributed by atoms with van der Waals surface area (Å²) in [6.45, 7) is 0. The molecular formula is C17H11Cl2N3S. The molecule has 0 fully saturated rings. The zero-order chi connectivity index (χ0) is 16.2. The van der Waals surface area contributed by atoms with Gasteiger partial charge < -0.3 is 0 Å². The number of nitrogens with zero attached hydrogens (tertiary/aromatic N) is 3. The maximum absolute atomic E-state index is 9.54. The van der Waals surface area contributed by atoms with Gasteiger partial charge in [0.05, 0.1) is 11.8 Å². The molecule has 0 spiro atoms. The van der Waals surface area contributed by atoms with Crippen LogP contribution in [0.4, 0.5) is 0 Å². The first-order valence-electron chi connectivity index (χ1n) is 6.78. The summed E-state index contributed by atoms with van der Waals surface area (Å²) >= 11 is 12.4. The molecule has 2 atom stereocenters. The molecular weight excluding hydrogens is 349 g/mol. The highest BCUT2D eigenvalue weighted by molar-refractivity contribution is 8.17. The first kappa shape index (κ1) is 15.9. The van der Waals surface area contributed by atoms with E-state index >= 15 is 0 Å². The molecule has 0 saturated carbocycles. The van der Waals surface area contributed by atoms with Crippen molar-refractivity contribution in [3.05, 3.63) is 75.3 Å². The number of nitriles is 1. The van der Waals surface area contributed by atoms with Gasteiger partial charge >= 0.3 is 0 Å². The van der Waals surface area contributed by atoms with Crippen LogP contribution in [0.15, 0.2) is 59.0 Å². The number of hydrogen-bond acceptors (Lipinski definition) is 3. The molecule has 1 aliphatic heterocycles. The molecule has 0 amide bonds. The van der Waals surface area contributed by atoms with Crippen LogP contribution in [-0.2, 0) is 0 Å². The summed E-state index contributed by atoms with van der Waals surface area (Å²) < 4.78 is 0. The molecule has 2 heterocycles. The fourth-order valence-electron chi connectivity index (χ4n) is 2.18. The molecule has 3 nitrogen and oxygen atoms in total. The second-order valence-corrected chi connectivity index (χ2v) is 7.24. The Morgan fingerprint density at radius 1 is 1.00 bits per heavy atom. The lowest BCUT2D eigenvalue weighted by Gasteiger charge is -2.13. The fraction of sp³-hybridized carbons (Fsp3) is 0.0588. The van der Waals surface area contributed by atoms with Crippen molar-refractivity contribution in [1.29, 1.82) is 5.26 Å². The van der Waals surface area contributed by atoms with E-state index in [0.29, 0.717) is 21.3 Å². The Balaban J connectivity index is 1.97. The molecule has 0 saturated heterocycles. The molecule has 0 aliphatic carbocycles. The number of benzene rings is 1. The second-order valence-electron chi connectivity index (χ2n) is 4.72. The van der Waals surface area contributed by atoms with Gasteiger partial charge in [-0.25, -0.2) is 0 Å². The summed E-state index contributed by atoms with van der Waals surface area (Å²) in [5.74, 6) is -0.646. The maximum Gasteiger partial charge on any atom is 0.118 e. The molecule has 2 aromatic rings. The zero-order valence-corrected chi connectivity index (χ0v) is 14.2. The van der Waals surface area contributed by atoms with Gasteiger partial charge in [0.1, 0.15) is 10.9 Å². The van der Waals surface area contributed by atoms with E-state index in [1.807, 2.05) is 30.4 Å². The van der Waals surface area contributed by atoms with Crippen LogP contribution in [0.25, 0.3) is 0 Å². The third kappa shape index (κ3) is 3.37. The molecule has 0 radical (unpaired) electrons. The number of aromatic nitrogens is 2. The smallest absolute Gasteiger partial charge is 0.118 e. The molecule has 1 aliphatic rings. The highest BCUT2D eigenvalue weighted by Crippen LogP contribution is 2.35. The molecule has 114 valence electrons. The lowest BCUT2D eigenvalue weighted by molar-refractivity contribution is 0.838. The highest BCUT2D eigenvalue weighted by Gasteiger charge is 2.21. The van der Waals surface area contributed by atoms with Crippen LogP contribution in [0.5, 0.6) is 0 Å². The van der Waals surface area contributed by atoms with Gasteiger partial charge in [0, 0.05) is 15.6 Å². The van der Waals surface area contributed by atoms with Gasteiger partial charge in [0.2, 0.25) is 0 Å². The molecule has 1 aromatic heterocycles. The Kier molecular flexibility index (Phi) is 4.92. The Morgan fingerprint density at radius 2 is 1.78 bits per heavy atom. The Morgan fingerprint density at radius 3 is 2.35 bits per heavy atom. The van der Waals surface area contributed by atoms with E-state index in [-0.39, 0.29) is 10.5 Å². The fourth-order valence-corrected chi connectivity index (χ4v) is 4.05.